The largest absolute Gasteiger partial charge is 0.496 e. The molecular weight excluding hydrogens is 687 g/mol. The Bertz CT molecular complexity index is 1930. The zero-order chi connectivity index (χ0) is 31.4. The molecule has 0 aliphatic carbocycles. The van der Waals surface area contributed by atoms with E-state index in [9.17, 15) is 9.59 Å². The smallest absolute Gasteiger partial charge is 0.338 e. The highest BCUT2D eigenvalue weighted by Gasteiger charge is 2.36. The third-order valence-corrected chi connectivity index (χ3v) is 8.87. The van der Waals surface area contributed by atoms with E-state index in [0.717, 1.165) is 16.5 Å². The summed E-state index contributed by atoms with van der Waals surface area (Å²) in [6.07, 6.45) is 3.02. The van der Waals surface area contributed by atoms with Crippen LogP contribution in [0.2, 0.25) is 10.0 Å². The van der Waals surface area contributed by atoms with Gasteiger partial charge in [-0.15, -0.1) is 0 Å². The number of hydrogen-bond acceptors (Lipinski definition) is 7. The number of aromatic nitrogens is 1. The highest BCUT2D eigenvalue weighted by Crippen LogP contribution is 2.38. The van der Waals surface area contributed by atoms with Gasteiger partial charge in [0.05, 0.1) is 29.5 Å². The zero-order valence-corrected chi connectivity index (χ0v) is 28.1. The van der Waals surface area contributed by atoms with Crippen molar-refractivity contribution in [3.63, 3.8) is 0 Å². The van der Waals surface area contributed by atoms with E-state index in [1.165, 1.54) is 11.3 Å². The van der Waals surface area contributed by atoms with E-state index in [-0.39, 0.29) is 18.8 Å². The summed E-state index contributed by atoms with van der Waals surface area (Å²) in [6.45, 7) is 4.22. The number of ether oxygens (including phenoxy) is 3. The van der Waals surface area contributed by atoms with Gasteiger partial charge in [0.25, 0.3) is 5.56 Å². The summed E-state index contributed by atoms with van der Waals surface area (Å²) >= 11 is 17.3. The van der Waals surface area contributed by atoms with Crippen molar-refractivity contribution >= 4 is 62.5 Å². The van der Waals surface area contributed by atoms with Gasteiger partial charge in [-0.2, -0.15) is 0 Å². The van der Waals surface area contributed by atoms with Gasteiger partial charge >= 0.3 is 5.97 Å². The average molecular weight is 716 g/mol. The van der Waals surface area contributed by atoms with Crippen molar-refractivity contribution in [2.45, 2.75) is 39.3 Å². The molecule has 1 aliphatic rings. The lowest BCUT2D eigenvalue weighted by molar-refractivity contribution is -0.139. The van der Waals surface area contributed by atoms with Crippen molar-refractivity contribution < 1.29 is 19.0 Å². The molecule has 0 saturated heterocycles. The molecule has 5 rings (SSSR count). The van der Waals surface area contributed by atoms with Gasteiger partial charge in [0.1, 0.15) is 24.1 Å². The molecule has 0 fully saturated rings. The number of halogens is 3. The number of carbonyl (C=O) groups is 1. The first-order valence-electron chi connectivity index (χ1n) is 14.0. The van der Waals surface area contributed by atoms with Crippen molar-refractivity contribution in [1.82, 2.24) is 4.57 Å². The van der Waals surface area contributed by atoms with Crippen molar-refractivity contribution in [3.05, 3.63) is 123 Å². The number of nitrogens with zero attached hydrogens (tertiary/aromatic N) is 2. The molecule has 0 bridgehead atoms. The maximum atomic E-state index is 14.3. The SMILES string of the molecule is CCCC1=C(C(=O)OCC)[C@H](c2cc(Br)ccc2OC)n2c(s/c(=C/c3cc(Cl)ccc3OCc3cccc(Cl)c3)c2=O)=N1. The molecule has 1 aliphatic heterocycles. The van der Waals surface area contributed by atoms with Gasteiger partial charge in [0, 0.05) is 25.6 Å². The number of benzene rings is 3. The number of thiazole rings is 1. The van der Waals surface area contributed by atoms with Crippen LogP contribution in [0.15, 0.2) is 86.2 Å². The number of rotatable bonds is 10. The Kier molecular flexibility index (Phi) is 10.3. The van der Waals surface area contributed by atoms with E-state index in [2.05, 4.69) is 15.9 Å². The molecule has 3 aromatic carbocycles. The first-order chi connectivity index (χ1) is 21.2. The maximum Gasteiger partial charge on any atom is 0.338 e. The molecule has 1 aromatic heterocycles. The molecule has 0 spiro atoms. The summed E-state index contributed by atoms with van der Waals surface area (Å²) in [6, 6.07) is 17.3. The highest BCUT2D eigenvalue weighted by molar-refractivity contribution is 9.10. The van der Waals surface area contributed by atoms with Crippen LogP contribution >= 0.6 is 50.5 Å². The Morgan fingerprint density at radius 1 is 1.07 bits per heavy atom. The second-order valence-electron chi connectivity index (χ2n) is 9.90. The number of carbonyl (C=O) groups excluding carboxylic acids is 1. The number of methoxy groups -OCH3 is 1. The van der Waals surface area contributed by atoms with E-state index in [1.807, 2.05) is 37.3 Å². The molecule has 228 valence electrons. The Morgan fingerprint density at radius 3 is 2.57 bits per heavy atom. The average Bonchev–Trinajstić information content (AvgIpc) is 3.30. The predicted molar refractivity (Wildman–Crippen MR) is 178 cm³/mol. The fourth-order valence-electron chi connectivity index (χ4n) is 5.03. The highest BCUT2D eigenvalue weighted by atomic mass is 79.9. The summed E-state index contributed by atoms with van der Waals surface area (Å²) in [5.74, 6) is 0.552. The van der Waals surface area contributed by atoms with Gasteiger partial charge < -0.3 is 14.2 Å². The molecular formula is C33H29BrCl2N2O5S. The summed E-state index contributed by atoms with van der Waals surface area (Å²) in [5, 5.41) is 1.11. The normalized spacial score (nSPS) is 14.7. The Hall–Kier alpha value is -3.37. The van der Waals surface area contributed by atoms with Crippen LogP contribution in [0.3, 0.4) is 0 Å². The monoisotopic (exact) mass is 714 g/mol. The van der Waals surface area contributed by atoms with Gasteiger partial charge in [-0.3, -0.25) is 9.36 Å². The van der Waals surface area contributed by atoms with E-state index in [0.29, 0.717) is 59.7 Å². The topological polar surface area (TPSA) is 79.1 Å². The summed E-state index contributed by atoms with van der Waals surface area (Å²) in [7, 11) is 1.56. The molecule has 11 heteroatoms. The molecule has 0 N–H and O–H groups in total. The molecule has 2 heterocycles. The third kappa shape index (κ3) is 6.81. The fraction of sp³-hybridized carbons (Fsp3) is 0.242. The zero-order valence-electron chi connectivity index (χ0n) is 24.2. The first-order valence-corrected chi connectivity index (χ1v) is 16.3. The summed E-state index contributed by atoms with van der Waals surface area (Å²) in [5.41, 5.74) is 2.74. The predicted octanol–water partition coefficient (Wildman–Crippen LogP) is 7.24. The molecule has 0 amide bonds. The Morgan fingerprint density at radius 2 is 1.84 bits per heavy atom. The molecule has 0 unspecified atom stereocenters. The lowest BCUT2D eigenvalue weighted by atomic mass is 9.93. The fourth-order valence-corrected chi connectivity index (χ4v) is 6.81. The van der Waals surface area contributed by atoms with Crippen molar-refractivity contribution in [2.75, 3.05) is 13.7 Å². The van der Waals surface area contributed by atoms with Crippen LogP contribution < -0.4 is 24.4 Å². The van der Waals surface area contributed by atoms with Crippen LogP contribution in [0.4, 0.5) is 0 Å². The van der Waals surface area contributed by atoms with Crippen LogP contribution in [0.1, 0.15) is 49.4 Å². The van der Waals surface area contributed by atoms with E-state index in [4.69, 9.17) is 42.4 Å². The molecule has 0 radical (unpaired) electrons. The summed E-state index contributed by atoms with van der Waals surface area (Å²) in [4.78, 5) is 33.1. The standard InChI is InChI=1S/C33H29BrCl2N2O5S/c1-4-7-25-29(32(40)42-5-2)30(24-17-21(34)10-12-27(24)41-3)38-31(39)28(44-33(38)37-25)16-20-15-23(36)11-13-26(20)43-18-19-8-6-9-22(35)14-19/h6,8-17,30H,4-5,7,18H2,1-3H3/b28-16+/t30-/m0/s1. The Labute approximate surface area is 277 Å². The Balaban J connectivity index is 1.70. The third-order valence-electron chi connectivity index (χ3n) is 6.92. The molecule has 4 aromatic rings. The minimum atomic E-state index is -0.820. The van der Waals surface area contributed by atoms with E-state index < -0.39 is 12.0 Å². The lowest BCUT2D eigenvalue weighted by Crippen LogP contribution is -2.40. The second kappa shape index (κ2) is 14.2. The van der Waals surface area contributed by atoms with Crippen molar-refractivity contribution in [2.24, 2.45) is 4.99 Å². The molecule has 44 heavy (non-hydrogen) atoms. The second-order valence-corrected chi connectivity index (χ2v) is 12.7. The molecule has 7 nitrogen and oxygen atoms in total. The van der Waals surface area contributed by atoms with Gasteiger partial charge in [0.2, 0.25) is 0 Å². The minimum absolute atomic E-state index is 0.182. The molecule has 1 atom stereocenters. The number of allylic oxidation sites excluding steroid dienone is 1. The first kappa shape index (κ1) is 32.0. The van der Waals surface area contributed by atoms with E-state index >= 15 is 0 Å². The van der Waals surface area contributed by atoms with Crippen LogP contribution in [0, 0.1) is 0 Å². The quantitative estimate of drug-likeness (QED) is 0.162. The number of esters is 1. The van der Waals surface area contributed by atoms with Crippen LogP contribution in [-0.2, 0) is 16.1 Å². The number of hydrogen-bond donors (Lipinski definition) is 0. The van der Waals surface area contributed by atoms with E-state index in [1.54, 1.807) is 55.0 Å². The lowest BCUT2D eigenvalue weighted by Gasteiger charge is -2.27. The van der Waals surface area contributed by atoms with Gasteiger partial charge in [-0.1, -0.05) is 75.9 Å². The van der Waals surface area contributed by atoms with Gasteiger partial charge in [-0.25, -0.2) is 9.79 Å². The van der Waals surface area contributed by atoms with Gasteiger partial charge in [0.15, 0.2) is 4.80 Å². The van der Waals surface area contributed by atoms with Gasteiger partial charge in [-0.05, 0) is 73.5 Å². The number of fused-ring (bicyclic) bond motifs is 1. The van der Waals surface area contributed by atoms with Crippen molar-refractivity contribution in [1.29, 1.82) is 0 Å². The molecule has 0 saturated carbocycles. The van der Waals surface area contributed by atoms with Crippen LogP contribution in [0.25, 0.3) is 6.08 Å². The van der Waals surface area contributed by atoms with Crippen molar-refractivity contribution in [3.8, 4) is 11.5 Å². The summed E-state index contributed by atoms with van der Waals surface area (Å²) < 4.78 is 20.1. The maximum absolute atomic E-state index is 14.3. The van der Waals surface area contributed by atoms with Crippen LogP contribution in [-0.4, -0.2) is 24.3 Å². The van der Waals surface area contributed by atoms with Crippen LogP contribution in [0.5, 0.6) is 11.5 Å². The minimum Gasteiger partial charge on any atom is -0.496 e.